The van der Waals surface area contributed by atoms with Gasteiger partial charge in [-0.3, -0.25) is 4.57 Å². The highest BCUT2D eigenvalue weighted by molar-refractivity contribution is 5.71. The summed E-state index contributed by atoms with van der Waals surface area (Å²) in [5, 5.41) is 8.18. The Kier molecular flexibility index (Phi) is 7.82. The van der Waals surface area contributed by atoms with Crippen molar-refractivity contribution in [1.82, 2.24) is 34.5 Å². The molecule has 126 valence electrons. The number of fused-ring (bicyclic) bond motifs is 1. The fraction of sp³-hybridized carbons (Fsp3) is 0.533. The number of nitrogens with zero attached hydrogens (tertiary/aromatic N) is 7. The number of unbranched alkanes of at least 4 members (excludes halogenated alkanes) is 1. The number of rotatable bonds is 4. The normalized spacial score (nSPS) is 9.83. The molecule has 8 heteroatoms. The van der Waals surface area contributed by atoms with Gasteiger partial charge in [-0.25, -0.2) is 15.0 Å². The Labute approximate surface area is 136 Å². The van der Waals surface area contributed by atoms with Crippen LogP contribution in [0.4, 0.5) is 0 Å². The van der Waals surface area contributed by atoms with Crippen LogP contribution < -0.4 is 5.73 Å². The standard InChI is InChI=1S/C12H15N7.C2H6.CH5N/c1-3-4-5-10-13-8-9-11(17-10)18(2)12(16-9)19-14-6-7-15-19;2*1-2/h6-8H,3-5H2,1-2H3;1-2H3;2H2,1H3. The molecule has 0 atom stereocenters. The lowest BCUT2D eigenvalue weighted by molar-refractivity contribution is 0.673. The average molecular weight is 318 g/mol. The maximum atomic E-state index is 4.56. The number of aryl methyl sites for hydroxylation is 2. The first-order chi connectivity index (χ1) is 11.3. The average Bonchev–Trinajstić information content (AvgIpc) is 3.25. The molecule has 2 N–H and O–H groups in total. The topological polar surface area (TPSA) is 100 Å². The monoisotopic (exact) mass is 318 g/mol. The van der Waals surface area contributed by atoms with Crippen LogP contribution in [0, 0.1) is 0 Å². The molecule has 23 heavy (non-hydrogen) atoms. The Bertz CT molecular complexity index is 687. The highest BCUT2D eigenvalue weighted by Crippen LogP contribution is 2.14. The molecule has 0 radical (unpaired) electrons. The summed E-state index contributed by atoms with van der Waals surface area (Å²) in [5.41, 5.74) is 6.07. The molecule has 3 aromatic heterocycles. The number of nitrogens with two attached hydrogens (primary N) is 1. The van der Waals surface area contributed by atoms with Gasteiger partial charge >= 0.3 is 0 Å². The van der Waals surface area contributed by atoms with Crippen molar-refractivity contribution in [3.8, 4) is 5.95 Å². The molecule has 0 aliphatic rings. The fourth-order valence-electron chi connectivity index (χ4n) is 1.96. The highest BCUT2D eigenvalue weighted by atomic mass is 15.5. The molecule has 0 saturated heterocycles. The molecule has 0 unspecified atom stereocenters. The van der Waals surface area contributed by atoms with E-state index in [0.29, 0.717) is 5.95 Å². The second-order valence-corrected chi connectivity index (χ2v) is 4.39. The van der Waals surface area contributed by atoms with Gasteiger partial charge in [-0.2, -0.15) is 10.2 Å². The second kappa shape index (κ2) is 9.62. The molecule has 0 aromatic carbocycles. The van der Waals surface area contributed by atoms with E-state index in [0.717, 1.165) is 36.3 Å². The first-order valence-corrected chi connectivity index (χ1v) is 7.92. The maximum Gasteiger partial charge on any atom is 0.251 e. The van der Waals surface area contributed by atoms with E-state index in [1.807, 2.05) is 25.5 Å². The molecule has 0 saturated carbocycles. The van der Waals surface area contributed by atoms with E-state index in [4.69, 9.17) is 0 Å². The SMILES string of the molecule is CC.CCCCc1ncc2nc(-n3nccn3)n(C)c2n1.CN. The minimum atomic E-state index is 0.641. The van der Waals surface area contributed by atoms with E-state index in [9.17, 15) is 0 Å². The van der Waals surface area contributed by atoms with Gasteiger partial charge in [-0.05, 0) is 13.5 Å². The summed E-state index contributed by atoms with van der Waals surface area (Å²) in [6, 6.07) is 0. The number of imidazole rings is 1. The molecule has 0 amide bonds. The molecule has 0 aliphatic carbocycles. The summed E-state index contributed by atoms with van der Waals surface area (Å²) in [6.45, 7) is 6.16. The van der Waals surface area contributed by atoms with Crippen LogP contribution in [0.1, 0.15) is 39.4 Å². The molecule has 3 rings (SSSR count). The second-order valence-electron chi connectivity index (χ2n) is 4.39. The van der Waals surface area contributed by atoms with Crippen LogP contribution >= 0.6 is 0 Å². The molecule has 0 aliphatic heterocycles. The van der Waals surface area contributed by atoms with Crippen molar-refractivity contribution in [1.29, 1.82) is 0 Å². The van der Waals surface area contributed by atoms with Gasteiger partial charge in [0.1, 0.15) is 11.3 Å². The van der Waals surface area contributed by atoms with Gasteiger partial charge in [0.15, 0.2) is 5.65 Å². The van der Waals surface area contributed by atoms with E-state index in [1.54, 1.807) is 18.6 Å². The first-order valence-electron chi connectivity index (χ1n) is 7.92. The zero-order valence-corrected chi connectivity index (χ0v) is 14.6. The molecule has 0 spiro atoms. The van der Waals surface area contributed by atoms with Gasteiger partial charge in [0, 0.05) is 13.5 Å². The van der Waals surface area contributed by atoms with Crippen LogP contribution in [-0.4, -0.2) is 41.6 Å². The van der Waals surface area contributed by atoms with Crippen molar-refractivity contribution >= 4 is 11.2 Å². The Morgan fingerprint density at radius 2 is 1.74 bits per heavy atom. The van der Waals surface area contributed by atoms with Crippen molar-refractivity contribution < 1.29 is 0 Å². The van der Waals surface area contributed by atoms with Gasteiger partial charge < -0.3 is 5.73 Å². The lowest BCUT2D eigenvalue weighted by Gasteiger charge is -2.00. The first kappa shape index (κ1) is 18.7. The third-order valence-corrected chi connectivity index (χ3v) is 2.99. The zero-order valence-electron chi connectivity index (χ0n) is 14.6. The third kappa shape index (κ3) is 4.32. The molecule has 3 aromatic rings. The largest absolute Gasteiger partial charge is 0.333 e. The Morgan fingerprint density at radius 3 is 2.35 bits per heavy atom. The Morgan fingerprint density at radius 1 is 1.09 bits per heavy atom. The van der Waals surface area contributed by atoms with Crippen LogP contribution in [-0.2, 0) is 13.5 Å². The van der Waals surface area contributed by atoms with E-state index >= 15 is 0 Å². The summed E-state index contributed by atoms with van der Waals surface area (Å²) in [7, 11) is 3.41. The molecule has 0 bridgehead atoms. The van der Waals surface area contributed by atoms with Crippen molar-refractivity contribution in [3.63, 3.8) is 0 Å². The Balaban J connectivity index is 0.000000615. The van der Waals surface area contributed by atoms with Crippen molar-refractivity contribution in [2.24, 2.45) is 12.8 Å². The maximum absolute atomic E-state index is 4.56. The van der Waals surface area contributed by atoms with Crippen molar-refractivity contribution in [3.05, 3.63) is 24.4 Å². The van der Waals surface area contributed by atoms with Crippen LogP contribution in [0.15, 0.2) is 18.6 Å². The summed E-state index contributed by atoms with van der Waals surface area (Å²) >= 11 is 0. The summed E-state index contributed by atoms with van der Waals surface area (Å²) in [6.07, 6.45) is 8.13. The quantitative estimate of drug-likeness (QED) is 0.788. The zero-order chi connectivity index (χ0) is 17.2. The van der Waals surface area contributed by atoms with Gasteiger partial charge in [-0.15, -0.1) is 4.80 Å². The number of hydrogen-bond acceptors (Lipinski definition) is 6. The summed E-state index contributed by atoms with van der Waals surface area (Å²) in [4.78, 5) is 14.8. The lowest BCUT2D eigenvalue weighted by atomic mass is 10.2. The summed E-state index contributed by atoms with van der Waals surface area (Å²) < 4.78 is 1.88. The number of aromatic nitrogens is 7. The predicted molar refractivity (Wildman–Crippen MR) is 91.3 cm³/mol. The van der Waals surface area contributed by atoms with Gasteiger partial charge in [0.25, 0.3) is 5.95 Å². The van der Waals surface area contributed by atoms with Gasteiger partial charge in [0.05, 0.1) is 18.6 Å². The molecular weight excluding hydrogens is 292 g/mol. The van der Waals surface area contributed by atoms with E-state index in [2.05, 4.69) is 37.8 Å². The lowest BCUT2D eigenvalue weighted by Crippen LogP contribution is -2.06. The molecular formula is C15H26N8. The minimum Gasteiger partial charge on any atom is -0.333 e. The molecule has 0 fully saturated rings. The molecule has 3 heterocycles. The number of hydrogen-bond donors (Lipinski definition) is 1. The van der Waals surface area contributed by atoms with Crippen LogP contribution in [0.2, 0.25) is 0 Å². The minimum absolute atomic E-state index is 0.641. The van der Waals surface area contributed by atoms with E-state index in [-0.39, 0.29) is 0 Å². The highest BCUT2D eigenvalue weighted by Gasteiger charge is 2.12. The third-order valence-electron chi connectivity index (χ3n) is 2.99. The Hall–Kier alpha value is -2.35. The van der Waals surface area contributed by atoms with Gasteiger partial charge in [0.2, 0.25) is 0 Å². The van der Waals surface area contributed by atoms with Gasteiger partial charge in [-0.1, -0.05) is 27.2 Å². The molecule has 8 nitrogen and oxygen atoms in total. The smallest absolute Gasteiger partial charge is 0.251 e. The van der Waals surface area contributed by atoms with Crippen molar-refractivity contribution in [2.75, 3.05) is 7.05 Å². The van der Waals surface area contributed by atoms with Crippen LogP contribution in [0.25, 0.3) is 17.1 Å². The summed E-state index contributed by atoms with van der Waals surface area (Å²) in [5.74, 6) is 1.50. The van der Waals surface area contributed by atoms with E-state index < -0.39 is 0 Å². The fourth-order valence-corrected chi connectivity index (χ4v) is 1.96. The van der Waals surface area contributed by atoms with Crippen molar-refractivity contribution in [2.45, 2.75) is 40.0 Å². The van der Waals surface area contributed by atoms with E-state index in [1.165, 1.54) is 11.8 Å². The van der Waals surface area contributed by atoms with Crippen LogP contribution in [0.3, 0.4) is 0 Å². The predicted octanol–water partition coefficient (Wildman–Crippen LogP) is 1.89. The van der Waals surface area contributed by atoms with Crippen LogP contribution in [0.5, 0.6) is 0 Å².